The second-order valence-electron chi connectivity index (χ2n) is 7.15. The van der Waals surface area contributed by atoms with Gasteiger partial charge in [-0.2, -0.15) is 0 Å². The summed E-state index contributed by atoms with van der Waals surface area (Å²) in [6.45, 7) is 4.90. The van der Waals surface area contributed by atoms with Crippen LogP contribution in [0.2, 0.25) is 0 Å². The van der Waals surface area contributed by atoms with Crippen LogP contribution in [0.3, 0.4) is 0 Å². The summed E-state index contributed by atoms with van der Waals surface area (Å²) in [4.78, 5) is 21.2. The number of piperidine rings is 1. The Morgan fingerprint density at radius 2 is 1.96 bits per heavy atom. The topological polar surface area (TPSA) is 64.0 Å². The van der Waals surface area contributed by atoms with Gasteiger partial charge >= 0.3 is 0 Å². The van der Waals surface area contributed by atoms with Crippen LogP contribution in [-0.4, -0.2) is 39.6 Å². The van der Waals surface area contributed by atoms with Gasteiger partial charge in [-0.25, -0.2) is 19.9 Å². The lowest BCUT2D eigenvalue weighted by atomic mass is 9.94. The normalized spacial score (nSPS) is 15.3. The van der Waals surface area contributed by atoms with Crippen LogP contribution in [0.4, 0.5) is 5.95 Å². The number of anilines is 1. The van der Waals surface area contributed by atoms with E-state index >= 15 is 0 Å². The number of rotatable bonds is 7. The van der Waals surface area contributed by atoms with Crippen LogP contribution in [-0.2, 0) is 6.42 Å². The predicted octanol–water partition coefficient (Wildman–Crippen LogP) is 4.88. The summed E-state index contributed by atoms with van der Waals surface area (Å²) in [5.74, 6) is 1.54. The number of pyridine rings is 1. The van der Waals surface area contributed by atoms with E-state index in [0.29, 0.717) is 17.7 Å². The van der Waals surface area contributed by atoms with Gasteiger partial charge in [0.25, 0.3) is 5.19 Å². The molecule has 1 fully saturated rings. The molecule has 3 aromatic heterocycles. The van der Waals surface area contributed by atoms with Crippen molar-refractivity contribution in [2.75, 3.05) is 24.6 Å². The molecule has 0 bridgehead atoms. The van der Waals surface area contributed by atoms with Crippen molar-refractivity contribution in [1.29, 1.82) is 0 Å². The maximum atomic E-state index is 5.90. The second kappa shape index (κ2) is 9.13. The van der Waals surface area contributed by atoms with E-state index in [0.717, 1.165) is 66.1 Å². The fourth-order valence-electron chi connectivity index (χ4n) is 3.50. The lowest BCUT2D eigenvalue weighted by Crippen LogP contribution is -2.35. The van der Waals surface area contributed by atoms with Crippen molar-refractivity contribution < 1.29 is 4.74 Å². The molecule has 148 valence electrons. The summed E-state index contributed by atoms with van der Waals surface area (Å²) in [5.41, 5.74) is 2.11. The van der Waals surface area contributed by atoms with Crippen molar-refractivity contribution in [1.82, 2.24) is 19.9 Å². The Kier molecular flexibility index (Phi) is 6.36. The highest BCUT2D eigenvalue weighted by atomic mass is 79.9. The first-order chi connectivity index (χ1) is 13.7. The van der Waals surface area contributed by atoms with E-state index in [4.69, 9.17) is 4.74 Å². The lowest BCUT2D eigenvalue weighted by Gasteiger charge is -2.31. The van der Waals surface area contributed by atoms with E-state index < -0.39 is 0 Å². The number of halogens is 1. The first-order valence-corrected chi connectivity index (χ1v) is 11.4. The summed E-state index contributed by atoms with van der Waals surface area (Å²) >= 11 is 4.89. The third kappa shape index (κ3) is 4.78. The maximum absolute atomic E-state index is 5.90. The van der Waals surface area contributed by atoms with E-state index in [-0.39, 0.29) is 0 Å². The van der Waals surface area contributed by atoms with E-state index in [1.807, 2.05) is 24.5 Å². The number of hydrogen-bond acceptors (Lipinski definition) is 7. The molecule has 0 saturated carbocycles. The molecule has 0 spiro atoms. The zero-order valence-electron chi connectivity index (χ0n) is 16.0. The van der Waals surface area contributed by atoms with Gasteiger partial charge in [0.2, 0.25) is 5.95 Å². The molecular formula is C20H24BrN5OS. The number of aryl methyl sites for hydroxylation is 1. The van der Waals surface area contributed by atoms with Crippen LogP contribution >= 0.6 is 27.3 Å². The van der Waals surface area contributed by atoms with Crippen molar-refractivity contribution in [3.05, 3.63) is 34.7 Å². The number of thiazole rings is 1. The third-order valence-corrected chi connectivity index (χ3v) is 6.40. The van der Waals surface area contributed by atoms with Crippen LogP contribution in [0.15, 0.2) is 29.1 Å². The molecule has 0 unspecified atom stereocenters. The Morgan fingerprint density at radius 3 is 2.71 bits per heavy atom. The van der Waals surface area contributed by atoms with Crippen LogP contribution in [0.5, 0.6) is 5.19 Å². The molecule has 0 atom stereocenters. The molecule has 0 amide bonds. The SMILES string of the molecule is CCCc1cnc(N2CCC(CCOc3nc4ccc(Br)nc4s3)CC2)nc1. The summed E-state index contributed by atoms with van der Waals surface area (Å²) in [5, 5.41) is 0.707. The zero-order valence-corrected chi connectivity index (χ0v) is 18.4. The molecule has 1 saturated heterocycles. The van der Waals surface area contributed by atoms with Crippen molar-refractivity contribution >= 4 is 43.6 Å². The van der Waals surface area contributed by atoms with E-state index in [9.17, 15) is 0 Å². The first-order valence-electron chi connectivity index (χ1n) is 9.83. The molecule has 3 aromatic rings. The highest BCUT2D eigenvalue weighted by Crippen LogP contribution is 2.28. The number of fused-ring (bicyclic) bond motifs is 1. The van der Waals surface area contributed by atoms with Gasteiger partial charge in [-0.3, -0.25) is 0 Å². The first kappa shape index (κ1) is 19.5. The Balaban J connectivity index is 1.23. The van der Waals surface area contributed by atoms with Crippen LogP contribution < -0.4 is 9.64 Å². The van der Waals surface area contributed by atoms with Gasteiger partial charge in [0.1, 0.15) is 15.0 Å². The molecule has 6 nitrogen and oxygen atoms in total. The average molecular weight is 462 g/mol. The number of ether oxygens (including phenoxy) is 1. The number of aromatic nitrogens is 4. The summed E-state index contributed by atoms with van der Waals surface area (Å²) in [6.07, 6.45) is 9.46. The summed E-state index contributed by atoms with van der Waals surface area (Å²) < 4.78 is 6.72. The minimum atomic E-state index is 0.678. The standard InChI is InChI=1S/C20H24BrN5OS/c1-2-3-15-12-22-19(23-13-15)26-9-6-14(7-10-26)8-11-27-20-24-16-4-5-17(21)25-18(16)28-20/h4-5,12-14H,2-3,6-11H2,1H3. The van der Waals surface area contributed by atoms with Crippen molar-refractivity contribution in [3.63, 3.8) is 0 Å². The molecule has 0 aromatic carbocycles. The van der Waals surface area contributed by atoms with Gasteiger partial charge in [-0.1, -0.05) is 24.7 Å². The smallest absolute Gasteiger partial charge is 0.275 e. The van der Waals surface area contributed by atoms with Crippen molar-refractivity contribution in [2.24, 2.45) is 5.92 Å². The molecule has 0 N–H and O–H groups in total. The molecule has 8 heteroatoms. The highest BCUT2D eigenvalue weighted by molar-refractivity contribution is 9.10. The van der Waals surface area contributed by atoms with E-state index in [1.165, 1.54) is 16.9 Å². The van der Waals surface area contributed by atoms with E-state index in [2.05, 4.69) is 47.7 Å². The highest BCUT2D eigenvalue weighted by Gasteiger charge is 2.21. The largest absolute Gasteiger partial charge is 0.470 e. The molecule has 28 heavy (non-hydrogen) atoms. The minimum absolute atomic E-state index is 0.678. The Bertz CT molecular complexity index is 909. The van der Waals surface area contributed by atoms with Gasteiger partial charge in [0, 0.05) is 25.5 Å². The molecule has 0 radical (unpaired) electrons. The maximum Gasteiger partial charge on any atom is 0.275 e. The quantitative estimate of drug-likeness (QED) is 0.467. The van der Waals surface area contributed by atoms with Gasteiger partial charge in [0.15, 0.2) is 0 Å². The third-order valence-electron chi connectivity index (χ3n) is 5.08. The van der Waals surface area contributed by atoms with E-state index in [1.54, 1.807) is 0 Å². The van der Waals surface area contributed by atoms with Gasteiger partial charge in [-0.15, -0.1) is 0 Å². The Morgan fingerprint density at radius 1 is 1.18 bits per heavy atom. The molecule has 0 aliphatic carbocycles. The Hall–Kier alpha value is -1.80. The van der Waals surface area contributed by atoms with Crippen LogP contribution in [0, 0.1) is 5.92 Å². The molecule has 1 aliphatic rings. The molecule has 1 aliphatic heterocycles. The minimum Gasteiger partial charge on any atom is -0.470 e. The van der Waals surface area contributed by atoms with Crippen LogP contribution in [0.25, 0.3) is 10.3 Å². The van der Waals surface area contributed by atoms with Gasteiger partial charge in [-0.05, 0) is 65.2 Å². The number of nitrogens with zero attached hydrogens (tertiary/aromatic N) is 5. The van der Waals surface area contributed by atoms with Gasteiger partial charge in [0.05, 0.1) is 6.61 Å². The zero-order chi connectivity index (χ0) is 19.3. The number of hydrogen-bond donors (Lipinski definition) is 0. The van der Waals surface area contributed by atoms with Crippen molar-refractivity contribution in [3.8, 4) is 5.19 Å². The van der Waals surface area contributed by atoms with Crippen molar-refractivity contribution in [2.45, 2.75) is 39.0 Å². The fourth-order valence-corrected chi connectivity index (χ4v) is 4.74. The van der Waals surface area contributed by atoms with Gasteiger partial charge < -0.3 is 9.64 Å². The van der Waals surface area contributed by atoms with Crippen LogP contribution in [0.1, 0.15) is 38.2 Å². The average Bonchev–Trinajstić information content (AvgIpc) is 3.11. The Labute approximate surface area is 177 Å². The lowest BCUT2D eigenvalue weighted by molar-refractivity contribution is 0.257. The molecular weight excluding hydrogens is 438 g/mol. The molecule has 4 heterocycles. The molecule has 4 rings (SSSR count). The second-order valence-corrected chi connectivity index (χ2v) is 8.90. The monoisotopic (exact) mass is 461 g/mol. The predicted molar refractivity (Wildman–Crippen MR) is 116 cm³/mol. The summed E-state index contributed by atoms with van der Waals surface area (Å²) in [7, 11) is 0. The fraction of sp³-hybridized carbons (Fsp3) is 0.500. The summed E-state index contributed by atoms with van der Waals surface area (Å²) in [6, 6.07) is 3.86.